The molecule has 0 bridgehead atoms. The Labute approximate surface area is 64.7 Å². The molecule has 0 rings (SSSR count). The van der Waals surface area contributed by atoms with Crippen molar-refractivity contribution in [1.29, 1.82) is 0 Å². The van der Waals surface area contributed by atoms with E-state index in [1.54, 1.807) is 0 Å². The quantitative estimate of drug-likeness (QED) is 0.269. The topological polar surface area (TPSA) is 94.8 Å². The Morgan fingerprint density at radius 1 is 1.12 bits per heavy atom. The van der Waals surface area contributed by atoms with Crippen molar-refractivity contribution in [2.75, 3.05) is 0 Å². The van der Waals surface area contributed by atoms with Gasteiger partial charge in [-0.3, -0.25) is 0 Å². The van der Waals surface area contributed by atoms with Crippen LogP contribution in [0.2, 0.25) is 0 Å². The van der Waals surface area contributed by atoms with Crippen molar-refractivity contribution in [2.45, 2.75) is 0 Å². The van der Waals surface area contributed by atoms with E-state index >= 15 is 0 Å². The second-order valence-electron chi connectivity index (χ2n) is 0.513. The third-order valence-corrected chi connectivity index (χ3v) is 0. The molecule has 3 N–H and O–H groups in total. The van der Waals surface area contributed by atoms with Crippen LogP contribution in [0.5, 0.6) is 0 Å². The summed E-state index contributed by atoms with van der Waals surface area (Å²) in [4.78, 5) is 21.6. The van der Waals surface area contributed by atoms with E-state index in [4.69, 9.17) is 23.0 Å². The van der Waals surface area contributed by atoms with E-state index in [2.05, 4.69) is 0 Å². The molecule has 0 atom stereocenters. The van der Waals surface area contributed by atoms with Crippen LogP contribution < -0.4 is 0 Å². The first-order valence-electron chi connectivity index (χ1n) is 1.07. The molecule has 0 spiro atoms. The molecule has 0 heterocycles. The number of rotatable bonds is 0. The van der Waals surface area contributed by atoms with Crippen LogP contribution in [0.1, 0.15) is 0 Å². The van der Waals surface area contributed by atoms with E-state index in [0.717, 1.165) is 0 Å². The molecule has 0 aromatic rings. The molecule has 8 heteroatoms. The first-order valence-corrected chi connectivity index (χ1v) is 3.21. The molecule has 0 aliphatic heterocycles. The average Bonchev–Trinajstić information content (AvgIpc) is 1.36. The standard InChI is InChI=1S/2Al.H3O4P.O.4H/c;;1-5(2,3)4;;;;;/h;;(H3,1,2,3,4);;;;;. The van der Waals surface area contributed by atoms with Gasteiger partial charge in [0.2, 0.25) is 0 Å². The SMILES string of the molecule is O=P(O)(O)O.[AlH3].[O]=[AlH]. The summed E-state index contributed by atoms with van der Waals surface area (Å²) in [7, 11) is -4.64. The van der Waals surface area contributed by atoms with Crippen LogP contribution in [0.4, 0.5) is 0 Å². The van der Waals surface area contributed by atoms with Crippen molar-refractivity contribution in [1.82, 2.24) is 0 Å². The molecule has 0 saturated heterocycles. The summed E-state index contributed by atoms with van der Waals surface area (Å²) in [5, 5.41) is 0. The minimum absolute atomic E-state index is 0. The first-order chi connectivity index (χ1) is 3.00. The first kappa shape index (κ1) is 16.0. The summed E-state index contributed by atoms with van der Waals surface area (Å²) in [5.41, 5.74) is 0. The Morgan fingerprint density at radius 2 is 1.12 bits per heavy atom. The van der Waals surface area contributed by atoms with Crippen LogP contribution in [0.15, 0.2) is 0 Å². The van der Waals surface area contributed by atoms with Crippen LogP contribution >= 0.6 is 7.82 Å². The Bertz CT molecular complexity index is 66.2. The van der Waals surface area contributed by atoms with Crippen LogP contribution in [-0.4, -0.2) is 48.3 Å². The monoisotopic (exact) mass is 172 g/mol. The van der Waals surface area contributed by atoms with Gasteiger partial charge in [-0.05, 0) is 0 Å². The van der Waals surface area contributed by atoms with Gasteiger partial charge in [0.05, 0.1) is 0 Å². The normalized spacial score (nSPS) is 7.75. The second-order valence-corrected chi connectivity index (χ2v) is 1.54. The Kier molecular flexibility index (Phi) is 15.9. The third kappa shape index (κ3) is 262. The molecule has 0 unspecified atom stereocenters. The van der Waals surface area contributed by atoms with E-state index in [9.17, 15) is 0 Å². The maximum absolute atomic E-state index is 8.88. The molecule has 0 aromatic heterocycles. The molecular weight excluding hydrogens is 165 g/mol. The summed E-state index contributed by atoms with van der Waals surface area (Å²) in [6, 6.07) is 0. The molecule has 0 amide bonds. The summed E-state index contributed by atoms with van der Waals surface area (Å²) >= 11 is 0.611. The molecular formula is H7Al2O5P. The molecule has 5 nitrogen and oxygen atoms in total. The molecule has 0 fully saturated rings. The summed E-state index contributed by atoms with van der Waals surface area (Å²) in [6.07, 6.45) is 0. The van der Waals surface area contributed by atoms with Gasteiger partial charge in [0.1, 0.15) is 0 Å². The molecule has 8 heavy (non-hydrogen) atoms. The second kappa shape index (κ2) is 7.97. The molecule has 0 aromatic carbocycles. The van der Waals surface area contributed by atoms with Gasteiger partial charge in [0.15, 0.2) is 17.4 Å². The molecule has 0 radical (unpaired) electrons. The summed E-state index contributed by atoms with van der Waals surface area (Å²) in [6.45, 7) is 0. The fourth-order valence-electron chi connectivity index (χ4n) is 0. The van der Waals surface area contributed by atoms with Crippen molar-refractivity contribution >= 4 is 41.4 Å². The van der Waals surface area contributed by atoms with Gasteiger partial charge < -0.3 is 14.7 Å². The molecule has 0 saturated carbocycles. The Balaban J connectivity index is -0.0000000750. The number of hydrogen-bond acceptors (Lipinski definition) is 2. The summed E-state index contributed by atoms with van der Waals surface area (Å²) in [5.74, 6) is 0. The van der Waals surface area contributed by atoms with Crippen LogP contribution in [-0.2, 0) is 8.37 Å². The van der Waals surface area contributed by atoms with E-state index < -0.39 is 7.82 Å². The zero-order valence-electron chi connectivity index (χ0n) is 3.31. The number of hydrogen-bond donors (Lipinski definition) is 3. The Morgan fingerprint density at radius 3 is 1.12 bits per heavy atom. The van der Waals surface area contributed by atoms with E-state index in [-0.39, 0.29) is 17.4 Å². The van der Waals surface area contributed by atoms with Gasteiger partial charge in [-0.25, -0.2) is 4.57 Å². The third-order valence-electron chi connectivity index (χ3n) is 0. The van der Waals surface area contributed by atoms with Gasteiger partial charge >= 0.3 is 27.9 Å². The summed E-state index contributed by atoms with van der Waals surface area (Å²) < 4.78 is 17.2. The van der Waals surface area contributed by atoms with E-state index in [1.807, 2.05) is 0 Å². The van der Waals surface area contributed by atoms with Gasteiger partial charge in [0, 0.05) is 0 Å². The number of phosphoric acid groups is 1. The van der Waals surface area contributed by atoms with Crippen LogP contribution in [0.3, 0.4) is 0 Å². The van der Waals surface area contributed by atoms with Gasteiger partial charge in [0.25, 0.3) is 0 Å². The van der Waals surface area contributed by atoms with Crippen LogP contribution in [0, 0.1) is 0 Å². The van der Waals surface area contributed by atoms with E-state index in [1.165, 1.54) is 0 Å². The maximum atomic E-state index is 8.88. The zero-order valence-corrected chi connectivity index (χ0v) is 5.62. The predicted molar refractivity (Wildman–Crippen MR) is 32.0 cm³/mol. The zero-order chi connectivity index (χ0) is 6.50. The van der Waals surface area contributed by atoms with Crippen LogP contribution in [0.25, 0.3) is 0 Å². The average molecular weight is 172 g/mol. The minimum atomic E-state index is -4.64. The van der Waals surface area contributed by atoms with Crippen molar-refractivity contribution in [3.8, 4) is 0 Å². The predicted octanol–water partition coefficient (Wildman–Crippen LogP) is -2.88. The molecule has 0 aliphatic rings. The van der Waals surface area contributed by atoms with Gasteiger partial charge in [-0.15, -0.1) is 0 Å². The van der Waals surface area contributed by atoms with Crippen molar-refractivity contribution in [2.24, 2.45) is 0 Å². The van der Waals surface area contributed by atoms with Crippen molar-refractivity contribution in [3.63, 3.8) is 0 Å². The molecule has 0 aliphatic carbocycles. The van der Waals surface area contributed by atoms with Crippen molar-refractivity contribution in [3.05, 3.63) is 0 Å². The van der Waals surface area contributed by atoms with Crippen molar-refractivity contribution < 1.29 is 23.0 Å². The molecule has 48 valence electrons. The Hall–Kier alpha value is 0.975. The fourth-order valence-corrected chi connectivity index (χ4v) is 0. The van der Waals surface area contributed by atoms with Gasteiger partial charge in [-0.1, -0.05) is 0 Å². The fraction of sp³-hybridized carbons (Fsp3) is 0. The van der Waals surface area contributed by atoms with Gasteiger partial charge in [-0.2, -0.15) is 0 Å². The van der Waals surface area contributed by atoms with E-state index in [0.29, 0.717) is 16.2 Å².